The number of ketones is 1. The Balaban J connectivity index is 2.07. The number of carbonyl (C=O) groups is 2. The predicted octanol–water partition coefficient (Wildman–Crippen LogP) is 2.36. The maximum absolute atomic E-state index is 12.5. The van der Waals surface area contributed by atoms with Crippen molar-refractivity contribution in [2.45, 2.75) is 19.8 Å². The molecule has 0 unspecified atom stereocenters. The number of aryl methyl sites for hydroxylation is 1. The predicted molar refractivity (Wildman–Crippen MR) is 96.2 cm³/mol. The molecule has 1 amide bonds. The van der Waals surface area contributed by atoms with Crippen molar-refractivity contribution in [2.24, 2.45) is 7.05 Å². The van der Waals surface area contributed by atoms with E-state index in [1.54, 1.807) is 30.1 Å². The van der Waals surface area contributed by atoms with Crippen LogP contribution in [-0.2, 0) is 11.8 Å². The Morgan fingerprint density at radius 2 is 1.65 bits per heavy atom. The summed E-state index contributed by atoms with van der Waals surface area (Å²) in [5, 5.41) is 6.82. The Hall–Kier alpha value is -3.03. The lowest BCUT2D eigenvalue weighted by molar-refractivity contribution is -0.116. The van der Waals surface area contributed by atoms with E-state index < -0.39 is 0 Å². The van der Waals surface area contributed by atoms with Gasteiger partial charge in [-0.3, -0.25) is 14.3 Å². The fourth-order valence-corrected chi connectivity index (χ4v) is 2.44. The van der Waals surface area contributed by atoms with Crippen molar-refractivity contribution in [3.8, 4) is 17.2 Å². The molecule has 0 aliphatic heterocycles. The second-order valence-corrected chi connectivity index (χ2v) is 5.65. The minimum absolute atomic E-state index is 0.0387. The van der Waals surface area contributed by atoms with Crippen molar-refractivity contribution < 1.29 is 23.8 Å². The van der Waals surface area contributed by atoms with Gasteiger partial charge in [-0.15, -0.1) is 0 Å². The van der Waals surface area contributed by atoms with E-state index in [1.807, 2.05) is 6.92 Å². The molecule has 0 saturated carbocycles. The smallest absolute Gasteiger partial charge is 0.224 e. The molecule has 0 atom stereocenters. The van der Waals surface area contributed by atoms with Gasteiger partial charge in [-0.2, -0.15) is 5.10 Å². The van der Waals surface area contributed by atoms with Crippen LogP contribution in [0.25, 0.3) is 0 Å². The first kappa shape index (κ1) is 19.3. The van der Waals surface area contributed by atoms with Crippen LogP contribution in [-0.4, -0.2) is 42.8 Å². The van der Waals surface area contributed by atoms with E-state index in [9.17, 15) is 9.59 Å². The van der Waals surface area contributed by atoms with Gasteiger partial charge in [-0.05, 0) is 13.0 Å². The zero-order valence-corrected chi connectivity index (χ0v) is 15.6. The summed E-state index contributed by atoms with van der Waals surface area (Å²) in [5.74, 6) is 0.781. The van der Waals surface area contributed by atoms with Gasteiger partial charge in [0.05, 0.1) is 44.5 Å². The molecule has 0 fully saturated rings. The number of anilines is 1. The molecule has 8 heteroatoms. The molecule has 0 bridgehead atoms. The Bertz CT molecular complexity index is 813. The van der Waals surface area contributed by atoms with Crippen molar-refractivity contribution >= 4 is 17.4 Å². The number of ether oxygens (including phenoxy) is 3. The van der Waals surface area contributed by atoms with Gasteiger partial charge in [0.1, 0.15) is 5.75 Å². The Kier molecular flexibility index (Phi) is 6.21. The number of amides is 1. The number of hydrogen-bond acceptors (Lipinski definition) is 6. The minimum atomic E-state index is -0.256. The Morgan fingerprint density at radius 3 is 2.19 bits per heavy atom. The van der Waals surface area contributed by atoms with E-state index in [0.29, 0.717) is 28.5 Å². The van der Waals surface area contributed by atoms with Gasteiger partial charge in [0.25, 0.3) is 0 Å². The second kappa shape index (κ2) is 8.37. The topological polar surface area (TPSA) is 91.7 Å². The number of nitrogens with zero attached hydrogens (tertiary/aromatic N) is 2. The first-order chi connectivity index (χ1) is 12.4. The van der Waals surface area contributed by atoms with Crippen LogP contribution in [0.3, 0.4) is 0 Å². The van der Waals surface area contributed by atoms with Crippen LogP contribution in [0.2, 0.25) is 0 Å². The highest BCUT2D eigenvalue weighted by atomic mass is 16.5. The monoisotopic (exact) mass is 361 g/mol. The molecule has 26 heavy (non-hydrogen) atoms. The fourth-order valence-electron chi connectivity index (χ4n) is 2.44. The second-order valence-electron chi connectivity index (χ2n) is 5.65. The average Bonchev–Trinajstić information content (AvgIpc) is 2.96. The zero-order chi connectivity index (χ0) is 19.3. The molecular formula is C18H23N3O5. The number of benzene rings is 1. The molecule has 140 valence electrons. The first-order valence-corrected chi connectivity index (χ1v) is 8.02. The highest BCUT2D eigenvalue weighted by Crippen LogP contribution is 2.35. The van der Waals surface area contributed by atoms with Crippen molar-refractivity contribution in [1.82, 2.24) is 9.78 Å². The maximum Gasteiger partial charge on any atom is 0.224 e. The summed E-state index contributed by atoms with van der Waals surface area (Å²) in [5.41, 5.74) is 1.82. The average molecular weight is 361 g/mol. The van der Waals surface area contributed by atoms with Crippen molar-refractivity contribution in [2.75, 3.05) is 26.6 Å². The molecular weight excluding hydrogens is 338 g/mol. The van der Waals surface area contributed by atoms with E-state index in [0.717, 1.165) is 5.69 Å². The molecule has 1 heterocycles. The van der Waals surface area contributed by atoms with Crippen LogP contribution in [0.5, 0.6) is 17.2 Å². The summed E-state index contributed by atoms with van der Waals surface area (Å²) in [4.78, 5) is 24.7. The normalized spacial score (nSPS) is 10.3. The molecule has 0 aliphatic carbocycles. The van der Waals surface area contributed by atoms with Crippen molar-refractivity contribution in [3.63, 3.8) is 0 Å². The lowest BCUT2D eigenvalue weighted by Gasteiger charge is -2.13. The van der Waals surface area contributed by atoms with Crippen LogP contribution in [0.1, 0.15) is 28.9 Å². The van der Waals surface area contributed by atoms with E-state index >= 15 is 0 Å². The molecule has 1 aromatic carbocycles. The van der Waals surface area contributed by atoms with E-state index in [1.165, 1.54) is 21.3 Å². The number of aromatic nitrogens is 2. The lowest BCUT2D eigenvalue weighted by atomic mass is 10.0. The van der Waals surface area contributed by atoms with E-state index in [2.05, 4.69) is 10.4 Å². The van der Waals surface area contributed by atoms with Gasteiger partial charge >= 0.3 is 0 Å². The number of methoxy groups -OCH3 is 3. The van der Waals surface area contributed by atoms with Crippen LogP contribution >= 0.6 is 0 Å². The van der Waals surface area contributed by atoms with Gasteiger partial charge in [0, 0.05) is 26.0 Å². The number of nitrogens with one attached hydrogen (secondary N) is 1. The molecule has 2 aromatic rings. The van der Waals surface area contributed by atoms with Crippen LogP contribution < -0.4 is 19.5 Å². The van der Waals surface area contributed by atoms with Crippen molar-refractivity contribution in [3.05, 3.63) is 29.6 Å². The summed E-state index contributed by atoms with van der Waals surface area (Å²) in [6.07, 6.45) is 1.66. The first-order valence-electron chi connectivity index (χ1n) is 8.02. The summed E-state index contributed by atoms with van der Waals surface area (Å²) >= 11 is 0. The highest BCUT2D eigenvalue weighted by molar-refractivity contribution is 6.02. The summed E-state index contributed by atoms with van der Waals surface area (Å²) in [6.45, 7) is 1.85. The van der Waals surface area contributed by atoms with Gasteiger partial charge in [-0.1, -0.05) is 0 Å². The zero-order valence-electron chi connectivity index (χ0n) is 15.6. The van der Waals surface area contributed by atoms with Gasteiger partial charge in [-0.25, -0.2) is 0 Å². The molecule has 0 radical (unpaired) electrons. The molecule has 0 aliphatic rings. The largest absolute Gasteiger partial charge is 0.496 e. The third kappa shape index (κ3) is 4.14. The lowest BCUT2D eigenvalue weighted by Crippen LogP contribution is -2.14. The molecule has 8 nitrogen and oxygen atoms in total. The van der Waals surface area contributed by atoms with E-state index in [-0.39, 0.29) is 24.5 Å². The number of hydrogen-bond donors (Lipinski definition) is 1. The fraction of sp³-hybridized carbons (Fsp3) is 0.389. The molecule has 0 saturated heterocycles. The SMILES string of the molecule is COc1cc(OC)c(C(=O)CCC(=O)Nc2cnn(C)c2C)cc1OC. The molecule has 1 aromatic heterocycles. The minimum Gasteiger partial charge on any atom is -0.496 e. The van der Waals surface area contributed by atoms with Crippen molar-refractivity contribution in [1.29, 1.82) is 0 Å². The quantitative estimate of drug-likeness (QED) is 0.726. The summed E-state index contributed by atoms with van der Waals surface area (Å²) < 4.78 is 17.4. The number of rotatable bonds is 8. The van der Waals surface area contributed by atoms with Crippen LogP contribution in [0.4, 0.5) is 5.69 Å². The number of carbonyl (C=O) groups excluding carboxylic acids is 2. The maximum atomic E-state index is 12.5. The number of Topliss-reactive ketones (excluding diaryl/α,β-unsaturated/α-hetero) is 1. The molecule has 1 N–H and O–H groups in total. The van der Waals surface area contributed by atoms with Gasteiger partial charge < -0.3 is 19.5 Å². The molecule has 0 spiro atoms. The molecule has 2 rings (SSSR count). The van der Waals surface area contributed by atoms with E-state index in [4.69, 9.17) is 14.2 Å². The third-order valence-corrected chi connectivity index (χ3v) is 4.09. The van der Waals surface area contributed by atoms with Gasteiger partial charge in [0.2, 0.25) is 5.91 Å². The van der Waals surface area contributed by atoms with Crippen LogP contribution in [0, 0.1) is 6.92 Å². The van der Waals surface area contributed by atoms with Gasteiger partial charge in [0.15, 0.2) is 17.3 Å². The summed E-state index contributed by atoms with van der Waals surface area (Å²) in [7, 11) is 6.25. The standard InChI is InChI=1S/C18H23N3O5/c1-11-13(10-19-21(11)2)20-18(23)7-6-14(22)12-8-16(25-4)17(26-5)9-15(12)24-3/h8-10H,6-7H2,1-5H3,(H,20,23). The summed E-state index contributed by atoms with van der Waals surface area (Å²) in [6, 6.07) is 3.15. The Labute approximate surface area is 152 Å². The Morgan fingerprint density at radius 1 is 1.04 bits per heavy atom. The third-order valence-electron chi connectivity index (χ3n) is 4.09. The van der Waals surface area contributed by atoms with Crippen LogP contribution in [0.15, 0.2) is 18.3 Å². The highest BCUT2D eigenvalue weighted by Gasteiger charge is 2.19.